The fourth-order valence-corrected chi connectivity index (χ4v) is 6.89. The summed E-state index contributed by atoms with van der Waals surface area (Å²) in [4.78, 5) is 29.3. The first-order chi connectivity index (χ1) is 22.8. The summed E-state index contributed by atoms with van der Waals surface area (Å²) < 4.78 is 70.3. The molecule has 0 heterocycles. The molecule has 0 aliphatic rings. The number of anilines is 1. The Hall–Kier alpha value is -4.06. The van der Waals surface area contributed by atoms with Crippen LogP contribution in [0.5, 0.6) is 0 Å². The number of unbranched alkanes of at least 4 members (excludes halogenated alkanes) is 1. The normalized spacial score (nSPS) is 12.3. The fourth-order valence-electron chi connectivity index (χ4n) is 4.98. The number of carbonyl (C=O) groups is 2. The van der Waals surface area contributed by atoms with Gasteiger partial charge in [0.1, 0.15) is 12.6 Å². The van der Waals surface area contributed by atoms with Gasteiger partial charge in [-0.15, -0.1) is 0 Å². The lowest BCUT2D eigenvalue weighted by molar-refractivity contribution is -0.140. The van der Waals surface area contributed by atoms with Crippen molar-refractivity contribution in [2.24, 2.45) is 0 Å². The number of hydrogen-bond acceptors (Lipinski definition) is 4. The van der Waals surface area contributed by atoms with Crippen LogP contribution in [0.4, 0.5) is 18.9 Å². The lowest BCUT2D eigenvalue weighted by atomic mass is 10.0. The Bertz CT molecular complexity index is 1810. The minimum Gasteiger partial charge on any atom is -0.354 e. The maximum absolute atomic E-state index is 14.5. The van der Waals surface area contributed by atoms with E-state index in [4.69, 9.17) is 23.2 Å². The van der Waals surface area contributed by atoms with E-state index in [-0.39, 0.29) is 22.9 Å². The maximum atomic E-state index is 14.5. The van der Waals surface area contributed by atoms with Crippen LogP contribution in [0.25, 0.3) is 0 Å². The van der Waals surface area contributed by atoms with E-state index in [1.807, 2.05) is 6.92 Å². The van der Waals surface area contributed by atoms with E-state index in [9.17, 15) is 31.2 Å². The van der Waals surface area contributed by atoms with Crippen LogP contribution in [-0.4, -0.2) is 44.3 Å². The first-order valence-electron chi connectivity index (χ1n) is 15.1. The van der Waals surface area contributed by atoms with Gasteiger partial charge in [-0.3, -0.25) is 13.9 Å². The summed E-state index contributed by atoms with van der Waals surface area (Å²) in [5.41, 5.74) is -0.512. The van der Waals surface area contributed by atoms with Crippen molar-refractivity contribution < 1.29 is 31.2 Å². The molecule has 0 saturated carbocycles. The first-order valence-corrected chi connectivity index (χ1v) is 17.3. The van der Waals surface area contributed by atoms with Crippen LogP contribution in [0, 0.1) is 0 Å². The number of hydrogen-bond donors (Lipinski definition) is 1. The van der Waals surface area contributed by atoms with Crippen molar-refractivity contribution in [3.8, 4) is 0 Å². The highest BCUT2D eigenvalue weighted by atomic mass is 35.5. The molecule has 0 saturated heterocycles. The van der Waals surface area contributed by atoms with E-state index in [1.54, 1.807) is 60.7 Å². The van der Waals surface area contributed by atoms with Crippen molar-refractivity contribution >= 4 is 50.7 Å². The Morgan fingerprint density at radius 3 is 2.10 bits per heavy atom. The molecule has 1 unspecified atom stereocenters. The van der Waals surface area contributed by atoms with Crippen LogP contribution in [0.1, 0.15) is 36.5 Å². The van der Waals surface area contributed by atoms with Crippen molar-refractivity contribution in [2.75, 3.05) is 17.4 Å². The molecule has 4 rings (SSSR count). The molecule has 0 aliphatic carbocycles. The van der Waals surface area contributed by atoms with E-state index in [0.29, 0.717) is 33.9 Å². The molecule has 7 nitrogen and oxygen atoms in total. The largest absolute Gasteiger partial charge is 0.416 e. The molecule has 0 aliphatic heterocycles. The predicted octanol–water partition coefficient (Wildman–Crippen LogP) is 7.76. The molecule has 48 heavy (non-hydrogen) atoms. The predicted molar refractivity (Wildman–Crippen MR) is 181 cm³/mol. The number of nitrogens with one attached hydrogen (secondary N) is 1. The molecule has 0 aromatic heterocycles. The highest BCUT2D eigenvalue weighted by Gasteiger charge is 2.37. The second-order valence-corrected chi connectivity index (χ2v) is 13.6. The molecule has 4 aromatic rings. The molecule has 1 atom stereocenters. The van der Waals surface area contributed by atoms with Crippen LogP contribution in [-0.2, 0) is 38.8 Å². The van der Waals surface area contributed by atoms with Gasteiger partial charge < -0.3 is 10.2 Å². The van der Waals surface area contributed by atoms with E-state index >= 15 is 0 Å². The number of sulfonamides is 1. The lowest BCUT2D eigenvalue weighted by Crippen LogP contribution is -2.53. The highest BCUT2D eigenvalue weighted by Crippen LogP contribution is 2.37. The SMILES string of the molecule is CCCCNC(=O)C(Cc1ccccc1)N(Cc1ccccc1Cl)C(=O)CN(c1cc(C(F)(F)F)ccc1Cl)S(=O)(=O)c1ccccc1. The zero-order chi connectivity index (χ0) is 34.9. The van der Waals surface area contributed by atoms with Gasteiger partial charge in [-0.1, -0.05) is 103 Å². The van der Waals surface area contributed by atoms with Crippen molar-refractivity contribution in [3.63, 3.8) is 0 Å². The number of benzene rings is 4. The number of halogens is 5. The van der Waals surface area contributed by atoms with Gasteiger partial charge in [0.2, 0.25) is 11.8 Å². The Morgan fingerprint density at radius 1 is 0.854 bits per heavy atom. The summed E-state index contributed by atoms with van der Waals surface area (Å²) in [6, 6.07) is 23.7. The topological polar surface area (TPSA) is 86.8 Å². The van der Waals surface area contributed by atoms with E-state index in [0.717, 1.165) is 24.1 Å². The van der Waals surface area contributed by atoms with Gasteiger partial charge in [0.05, 0.1) is 21.2 Å². The summed E-state index contributed by atoms with van der Waals surface area (Å²) >= 11 is 12.8. The van der Waals surface area contributed by atoms with Gasteiger partial charge in [0.25, 0.3) is 10.0 Å². The summed E-state index contributed by atoms with van der Waals surface area (Å²) in [5.74, 6) is -1.35. The molecule has 0 radical (unpaired) electrons. The average Bonchev–Trinajstić information content (AvgIpc) is 3.06. The second kappa shape index (κ2) is 16.4. The third-order valence-corrected chi connectivity index (χ3v) is 10.0. The molecule has 0 bridgehead atoms. The number of carbonyl (C=O) groups excluding carboxylic acids is 2. The van der Waals surface area contributed by atoms with Gasteiger partial charge in [-0.05, 0) is 53.9 Å². The maximum Gasteiger partial charge on any atom is 0.416 e. The van der Waals surface area contributed by atoms with Crippen LogP contribution < -0.4 is 9.62 Å². The van der Waals surface area contributed by atoms with E-state index in [1.165, 1.54) is 29.2 Å². The monoisotopic (exact) mass is 719 g/mol. The Balaban J connectivity index is 1.86. The van der Waals surface area contributed by atoms with Crippen LogP contribution in [0.15, 0.2) is 108 Å². The lowest BCUT2D eigenvalue weighted by Gasteiger charge is -2.34. The zero-order valence-electron chi connectivity index (χ0n) is 26.0. The number of alkyl halides is 3. The Morgan fingerprint density at radius 2 is 1.48 bits per heavy atom. The quantitative estimate of drug-likeness (QED) is 0.135. The Kier molecular flexibility index (Phi) is 12.5. The molecule has 0 spiro atoms. The van der Waals surface area contributed by atoms with Gasteiger partial charge in [-0.2, -0.15) is 13.2 Å². The number of rotatable bonds is 14. The second-order valence-electron chi connectivity index (χ2n) is 11.0. The van der Waals surface area contributed by atoms with Crippen LogP contribution in [0.3, 0.4) is 0 Å². The van der Waals surface area contributed by atoms with E-state index < -0.39 is 51.9 Å². The third kappa shape index (κ3) is 9.30. The first kappa shape index (κ1) is 36.8. The minimum absolute atomic E-state index is 0.0603. The summed E-state index contributed by atoms with van der Waals surface area (Å²) in [5, 5.41) is 2.84. The van der Waals surface area contributed by atoms with Crippen molar-refractivity contribution in [1.29, 1.82) is 0 Å². The highest BCUT2D eigenvalue weighted by molar-refractivity contribution is 7.92. The van der Waals surface area contributed by atoms with Gasteiger partial charge in [0, 0.05) is 24.5 Å². The molecule has 2 amide bonds. The third-order valence-electron chi connectivity index (χ3n) is 7.55. The summed E-state index contributed by atoms with van der Waals surface area (Å²) in [6.07, 6.45) is -3.29. The number of amides is 2. The van der Waals surface area contributed by atoms with Gasteiger partial charge in [0.15, 0.2) is 0 Å². The average molecular weight is 721 g/mol. The molecule has 254 valence electrons. The van der Waals surface area contributed by atoms with Crippen molar-refractivity contribution in [3.05, 3.63) is 130 Å². The van der Waals surface area contributed by atoms with Crippen LogP contribution in [0.2, 0.25) is 10.0 Å². The van der Waals surface area contributed by atoms with Crippen LogP contribution >= 0.6 is 23.2 Å². The summed E-state index contributed by atoms with van der Waals surface area (Å²) in [7, 11) is -4.66. The number of nitrogens with zero attached hydrogens (tertiary/aromatic N) is 2. The molecule has 13 heteroatoms. The molecule has 1 N–H and O–H groups in total. The van der Waals surface area contributed by atoms with Crippen molar-refractivity contribution in [2.45, 2.75) is 49.8 Å². The van der Waals surface area contributed by atoms with Crippen molar-refractivity contribution in [1.82, 2.24) is 10.2 Å². The fraction of sp³-hybridized carbons (Fsp3) is 0.257. The smallest absolute Gasteiger partial charge is 0.354 e. The molecule has 4 aromatic carbocycles. The zero-order valence-corrected chi connectivity index (χ0v) is 28.3. The van der Waals surface area contributed by atoms with E-state index in [2.05, 4.69) is 5.32 Å². The van der Waals surface area contributed by atoms with Gasteiger partial charge in [-0.25, -0.2) is 8.42 Å². The summed E-state index contributed by atoms with van der Waals surface area (Å²) in [6.45, 7) is 1.12. The molecule has 0 fully saturated rings. The standard InChI is InChI=1S/C35H34Cl2F3N3O4S/c1-2-3-20-41-34(45)32(21-25-12-6-4-7-13-25)42(23-26-14-10-11-17-29(26)36)33(44)24-43(48(46,47)28-15-8-5-9-16-28)31-22-27(35(38,39)40)18-19-30(31)37/h4-19,22,32H,2-3,20-21,23-24H2,1H3,(H,41,45). The Labute approximate surface area is 288 Å². The van der Waals surface area contributed by atoms with Gasteiger partial charge >= 0.3 is 6.18 Å². The minimum atomic E-state index is -4.83. The molecular formula is C35H34Cl2F3N3O4S. The molecular weight excluding hydrogens is 686 g/mol.